The van der Waals surface area contributed by atoms with E-state index < -0.39 is 0 Å². The normalized spacial score (nSPS) is 5.67. The minimum Gasteiger partial charge on any atom is -0.359 e. The average Bonchev–Trinajstić information content (AvgIpc) is 1.38. The minimum absolute atomic E-state index is 0. The van der Waals surface area contributed by atoms with Crippen molar-refractivity contribution in [3.05, 3.63) is 0 Å². The van der Waals surface area contributed by atoms with E-state index in [9.17, 15) is 4.79 Å². The van der Waals surface area contributed by atoms with Crippen molar-refractivity contribution in [2.24, 2.45) is 0 Å². The molecule has 0 saturated carbocycles. The quantitative estimate of drug-likeness (QED) is 0.315. The number of amides is 1. The van der Waals surface area contributed by atoms with Crippen molar-refractivity contribution in [3.63, 3.8) is 0 Å². The van der Waals surface area contributed by atoms with Crippen molar-refractivity contribution >= 4 is 5.91 Å². The molecule has 0 aromatic rings. The molecule has 0 aromatic carbocycles. The van der Waals surface area contributed by atoms with Gasteiger partial charge in [0, 0.05) is 14.0 Å². The molecule has 1 N–H and O–H groups in total. The third-order valence-corrected chi connectivity index (χ3v) is 0.352. The van der Waals surface area contributed by atoms with Gasteiger partial charge in [0.15, 0.2) is 0 Å². The van der Waals surface area contributed by atoms with Gasteiger partial charge in [-0.25, -0.2) is 0 Å². The van der Waals surface area contributed by atoms with E-state index >= 15 is 0 Å². The Labute approximate surface area is 59.6 Å². The number of rotatable bonds is 0. The Morgan fingerprint density at radius 3 is 1.83 bits per heavy atom. The third kappa shape index (κ3) is 8.82. The standard InChI is InChI=1S/C3H7NO.Na/c1-3(5)4-2;/h1-2H3,(H,4,5);/q;+1. The molecule has 0 spiro atoms. The van der Waals surface area contributed by atoms with Crippen molar-refractivity contribution < 1.29 is 34.4 Å². The second-order valence-electron chi connectivity index (χ2n) is 0.806. The summed E-state index contributed by atoms with van der Waals surface area (Å²) < 4.78 is 0. The van der Waals surface area contributed by atoms with Gasteiger partial charge in [0.05, 0.1) is 0 Å². The van der Waals surface area contributed by atoms with Gasteiger partial charge in [-0.2, -0.15) is 0 Å². The molecule has 0 heterocycles. The Kier molecular flexibility index (Phi) is 8.83. The summed E-state index contributed by atoms with van der Waals surface area (Å²) in [5, 5.41) is 2.39. The maximum absolute atomic E-state index is 9.70. The Balaban J connectivity index is 0. The fourth-order valence-corrected chi connectivity index (χ4v) is 0. The molecule has 0 aliphatic carbocycles. The van der Waals surface area contributed by atoms with E-state index in [-0.39, 0.29) is 35.5 Å². The fraction of sp³-hybridized carbons (Fsp3) is 0.667. The molecule has 0 rings (SSSR count). The Bertz CT molecular complexity index is 46.1. The van der Waals surface area contributed by atoms with Crippen LogP contribution in [0.25, 0.3) is 0 Å². The molecular formula is C3H7NNaO+. The van der Waals surface area contributed by atoms with Gasteiger partial charge in [-0.1, -0.05) is 0 Å². The van der Waals surface area contributed by atoms with Gasteiger partial charge >= 0.3 is 29.6 Å². The summed E-state index contributed by atoms with van der Waals surface area (Å²) >= 11 is 0. The summed E-state index contributed by atoms with van der Waals surface area (Å²) in [6, 6.07) is 0. The predicted molar refractivity (Wildman–Crippen MR) is 19.7 cm³/mol. The second kappa shape index (κ2) is 5.47. The van der Waals surface area contributed by atoms with Crippen molar-refractivity contribution in [1.82, 2.24) is 5.32 Å². The molecule has 0 fully saturated rings. The van der Waals surface area contributed by atoms with Gasteiger partial charge < -0.3 is 5.32 Å². The molecule has 0 atom stereocenters. The first-order valence-electron chi connectivity index (χ1n) is 1.45. The van der Waals surface area contributed by atoms with Crippen LogP contribution < -0.4 is 34.9 Å². The molecule has 0 saturated heterocycles. The summed E-state index contributed by atoms with van der Waals surface area (Å²) in [7, 11) is 1.60. The molecule has 3 heteroatoms. The third-order valence-electron chi connectivity index (χ3n) is 0.352. The average molecular weight is 96.1 g/mol. The van der Waals surface area contributed by atoms with Gasteiger partial charge in [0.25, 0.3) is 0 Å². The summed E-state index contributed by atoms with van der Waals surface area (Å²) in [5.74, 6) is 0.00463. The largest absolute Gasteiger partial charge is 1.00 e. The van der Waals surface area contributed by atoms with Gasteiger partial charge in [-0.05, 0) is 0 Å². The van der Waals surface area contributed by atoms with E-state index in [0.29, 0.717) is 0 Å². The van der Waals surface area contributed by atoms with Crippen molar-refractivity contribution in [2.75, 3.05) is 7.05 Å². The smallest absolute Gasteiger partial charge is 0.359 e. The first-order chi connectivity index (χ1) is 2.27. The van der Waals surface area contributed by atoms with Gasteiger partial charge in [0.2, 0.25) is 5.91 Å². The molecule has 0 aliphatic rings. The van der Waals surface area contributed by atoms with Gasteiger partial charge in [-0.15, -0.1) is 0 Å². The number of nitrogens with one attached hydrogen (secondary N) is 1. The SMILES string of the molecule is CNC(C)=O.[Na+]. The number of hydrogen-bond acceptors (Lipinski definition) is 1. The molecule has 0 aromatic heterocycles. The zero-order chi connectivity index (χ0) is 4.28. The van der Waals surface area contributed by atoms with E-state index in [1.54, 1.807) is 7.05 Å². The number of carbonyl (C=O) groups excluding carboxylic acids is 1. The van der Waals surface area contributed by atoms with Crippen LogP contribution in [-0.4, -0.2) is 13.0 Å². The molecule has 30 valence electrons. The van der Waals surface area contributed by atoms with E-state index in [1.807, 2.05) is 0 Å². The van der Waals surface area contributed by atoms with Gasteiger partial charge in [0.1, 0.15) is 0 Å². The molecule has 0 bridgehead atoms. The summed E-state index contributed by atoms with van der Waals surface area (Å²) in [4.78, 5) is 9.70. The maximum atomic E-state index is 9.70. The van der Waals surface area contributed by atoms with Crippen LogP contribution in [0.5, 0.6) is 0 Å². The molecule has 0 unspecified atom stereocenters. The Hall–Kier alpha value is 0.470. The summed E-state index contributed by atoms with van der Waals surface area (Å²) in [5.41, 5.74) is 0. The van der Waals surface area contributed by atoms with Crippen LogP contribution in [0.3, 0.4) is 0 Å². The number of hydrogen-bond donors (Lipinski definition) is 1. The zero-order valence-corrected chi connectivity index (χ0v) is 6.41. The van der Waals surface area contributed by atoms with Crippen molar-refractivity contribution in [2.45, 2.75) is 6.92 Å². The molecule has 1 amide bonds. The predicted octanol–water partition coefficient (Wildman–Crippen LogP) is -3.24. The van der Waals surface area contributed by atoms with E-state index in [1.165, 1.54) is 6.92 Å². The molecule has 2 nitrogen and oxygen atoms in total. The van der Waals surface area contributed by atoms with Crippen molar-refractivity contribution in [3.8, 4) is 0 Å². The monoisotopic (exact) mass is 96.0 g/mol. The first-order valence-corrected chi connectivity index (χ1v) is 1.45. The molecule has 0 radical (unpaired) electrons. The van der Waals surface area contributed by atoms with Crippen LogP contribution in [0.1, 0.15) is 6.92 Å². The Morgan fingerprint density at radius 2 is 1.83 bits per heavy atom. The van der Waals surface area contributed by atoms with Crippen LogP contribution in [0.4, 0.5) is 0 Å². The fourth-order valence-electron chi connectivity index (χ4n) is 0. The maximum Gasteiger partial charge on any atom is 1.00 e. The van der Waals surface area contributed by atoms with Crippen LogP contribution in [0.2, 0.25) is 0 Å². The first kappa shape index (κ1) is 9.69. The van der Waals surface area contributed by atoms with Gasteiger partial charge in [-0.3, -0.25) is 4.79 Å². The van der Waals surface area contributed by atoms with Crippen molar-refractivity contribution in [1.29, 1.82) is 0 Å². The zero-order valence-electron chi connectivity index (χ0n) is 4.41. The van der Waals surface area contributed by atoms with Crippen LogP contribution in [-0.2, 0) is 4.79 Å². The van der Waals surface area contributed by atoms with Crippen LogP contribution >= 0.6 is 0 Å². The topological polar surface area (TPSA) is 29.1 Å². The summed E-state index contributed by atoms with van der Waals surface area (Å²) in [6.45, 7) is 1.47. The van der Waals surface area contributed by atoms with E-state index in [2.05, 4.69) is 5.32 Å². The number of carbonyl (C=O) groups is 1. The Morgan fingerprint density at radius 1 is 1.67 bits per heavy atom. The van der Waals surface area contributed by atoms with E-state index in [0.717, 1.165) is 0 Å². The van der Waals surface area contributed by atoms with Crippen LogP contribution in [0, 0.1) is 0 Å². The van der Waals surface area contributed by atoms with E-state index in [4.69, 9.17) is 0 Å². The minimum atomic E-state index is 0. The molecular weight excluding hydrogens is 89.0 g/mol. The molecule has 0 aliphatic heterocycles. The summed E-state index contributed by atoms with van der Waals surface area (Å²) in [6.07, 6.45) is 0. The molecule has 6 heavy (non-hydrogen) atoms. The second-order valence-corrected chi connectivity index (χ2v) is 0.806. The van der Waals surface area contributed by atoms with Crippen LogP contribution in [0.15, 0.2) is 0 Å².